The Morgan fingerprint density at radius 2 is 0.597 bits per heavy atom. The van der Waals surface area contributed by atoms with Crippen molar-refractivity contribution < 1.29 is 24.2 Å². The van der Waals surface area contributed by atoms with E-state index in [2.05, 4.69) is 111 Å². The zero-order valence-electron chi connectivity index (χ0n) is 47.4. The van der Waals surface area contributed by atoms with Crippen LogP contribution in [0.25, 0.3) is 0 Å². The summed E-state index contributed by atoms with van der Waals surface area (Å²) in [6.45, 7) is 4.01. The predicted octanol–water partition coefficient (Wildman–Crippen LogP) is 21.1. The fourth-order valence-electron chi connectivity index (χ4n) is 8.77. The Bertz CT molecular complexity index is 1360. The van der Waals surface area contributed by atoms with Crippen LogP contribution in [-0.2, 0) is 19.1 Å². The number of ether oxygens (including phenoxy) is 2. The van der Waals surface area contributed by atoms with Gasteiger partial charge in [-0.1, -0.05) is 284 Å². The van der Waals surface area contributed by atoms with Crippen LogP contribution >= 0.6 is 0 Å². The van der Waals surface area contributed by atoms with Gasteiger partial charge in [-0.2, -0.15) is 0 Å². The lowest BCUT2D eigenvalue weighted by Crippen LogP contribution is -2.28. The van der Waals surface area contributed by atoms with Crippen molar-refractivity contribution in [3.8, 4) is 0 Å². The first-order chi connectivity index (χ1) is 35.6. The third-order valence-corrected chi connectivity index (χ3v) is 13.4. The van der Waals surface area contributed by atoms with E-state index in [0.29, 0.717) is 12.8 Å². The van der Waals surface area contributed by atoms with Crippen molar-refractivity contribution in [3.63, 3.8) is 0 Å². The highest BCUT2D eigenvalue weighted by Crippen LogP contribution is 2.17. The van der Waals surface area contributed by atoms with Crippen LogP contribution in [0.15, 0.2) is 97.2 Å². The zero-order valence-corrected chi connectivity index (χ0v) is 47.4. The predicted molar refractivity (Wildman–Crippen MR) is 316 cm³/mol. The molecule has 0 aromatic rings. The summed E-state index contributed by atoms with van der Waals surface area (Å²) in [6, 6.07) is 0. The molecule has 0 aliphatic rings. The molecule has 0 radical (unpaired) electrons. The van der Waals surface area contributed by atoms with Gasteiger partial charge in [-0.15, -0.1) is 0 Å². The van der Waals surface area contributed by atoms with Crippen LogP contribution in [0.3, 0.4) is 0 Å². The molecule has 0 saturated carbocycles. The summed E-state index contributed by atoms with van der Waals surface area (Å²) in [5, 5.41) is 9.65. The zero-order chi connectivity index (χ0) is 52.0. The molecule has 0 rings (SSSR count). The van der Waals surface area contributed by atoms with Crippen LogP contribution in [0.1, 0.15) is 296 Å². The SMILES string of the molecule is CC/C=C\C/C=C\C/C=C\C/C=C\C/C=C\C/C=C\CCCCCCCCCCCCCCCCCCCCCCCCC(=O)OC(CO)COC(=O)CCCCCCCCC/C=C\C/C=C\CCCCC. The minimum atomic E-state index is -0.777. The highest BCUT2D eigenvalue weighted by atomic mass is 16.6. The topological polar surface area (TPSA) is 72.8 Å². The van der Waals surface area contributed by atoms with Gasteiger partial charge in [-0.3, -0.25) is 9.59 Å². The van der Waals surface area contributed by atoms with E-state index in [4.69, 9.17) is 9.47 Å². The number of allylic oxidation sites excluding steroid dienone is 16. The van der Waals surface area contributed by atoms with E-state index in [0.717, 1.165) is 89.9 Å². The summed E-state index contributed by atoms with van der Waals surface area (Å²) in [5.41, 5.74) is 0. The van der Waals surface area contributed by atoms with Crippen molar-refractivity contribution in [1.82, 2.24) is 0 Å². The van der Waals surface area contributed by atoms with E-state index in [1.165, 1.54) is 180 Å². The van der Waals surface area contributed by atoms with Gasteiger partial charge in [0.25, 0.3) is 0 Å². The molecule has 414 valence electrons. The maximum Gasteiger partial charge on any atom is 0.306 e. The number of rotatable bonds is 56. The highest BCUT2D eigenvalue weighted by molar-refractivity contribution is 5.70. The van der Waals surface area contributed by atoms with Crippen molar-refractivity contribution in [1.29, 1.82) is 0 Å². The lowest BCUT2D eigenvalue weighted by molar-refractivity contribution is -0.161. The van der Waals surface area contributed by atoms with E-state index in [1.54, 1.807) is 0 Å². The first-order valence-electron chi connectivity index (χ1n) is 30.8. The molecule has 5 nitrogen and oxygen atoms in total. The Balaban J connectivity index is 3.43. The van der Waals surface area contributed by atoms with E-state index in [9.17, 15) is 14.7 Å². The number of hydrogen-bond donors (Lipinski definition) is 1. The number of esters is 2. The molecule has 72 heavy (non-hydrogen) atoms. The third-order valence-electron chi connectivity index (χ3n) is 13.4. The Morgan fingerprint density at radius 3 is 0.903 bits per heavy atom. The molecule has 0 aromatic carbocycles. The molecule has 0 heterocycles. The molecule has 0 fully saturated rings. The third kappa shape index (κ3) is 59.4. The van der Waals surface area contributed by atoms with E-state index in [1.807, 2.05) is 0 Å². The molecular weight excluding hydrogens is 885 g/mol. The fourth-order valence-corrected chi connectivity index (χ4v) is 8.77. The van der Waals surface area contributed by atoms with Crippen molar-refractivity contribution >= 4 is 11.9 Å². The Hall–Kier alpha value is -3.18. The minimum Gasteiger partial charge on any atom is -0.462 e. The summed E-state index contributed by atoms with van der Waals surface area (Å²) in [7, 11) is 0. The molecule has 0 aromatic heterocycles. The molecule has 0 saturated heterocycles. The minimum absolute atomic E-state index is 0.0696. The summed E-state index contributed by atoms with van der Waals surface area (Å²) in [4.78, 5) is 24.5. The van der Waals surface area contributed by atoms with Gasteiger partial charge in [0.05, 0.1) is 6.61 Å². The maximum atomic E-state index is 12.3. The largest absolute Gasteiger partial charge is 0.462 e. The number of hydrogen-bond acceptors (Lipinski definition) is 5. The van der Waals surface area contributed by atoms with Crippen LogP contribution in [-0.4, -0.2) is 36.4 Å². The molecule has 1 unspecified atom stereocenters. The highest BCUT2D eigenvalue weighted by Gasteiger charge is 2.16. The van der Waals surface area contributed by atoms with Crippen molar-refractivity contribution in [2.45, 2.75) is 302 Å². The van der Waals surface area contributed by atoms with Gasteiger partial charge in [-0.05, 0) is 96.3 Å². The van der Waals surface area contributed by atoms with Gasteiger partial charge < -0.3 is 14.6 Å². The molecule has 5 heteroatoms. The molecule has 1 atom stereocenters. The lowest BCUT2D eigenvalue weighted by atomic mass is 10.0. The molecule has 1 N–H and O–H groups in total. The van der Waals surface area contributed by atoms with E-state index >= 15 is 0 Å². The second kappa shape index (κ2) is 62.1. The number of carbonyl (C=O) groups is 2. The summed E-state index contributed by atoms with van der Waals surface area (Å²) >= 11 is 0. The average Bonchev–Trinajstić information content (AvgIpc) is 3.38. The molecule has 0 aliphatic heterocycles. The maximum absolute atomic E-state index is 12.3. The van der Waals surface area contributed by atoms with Crippen LogP contribution in [0.5, 0.6) is 0 Å². The van der Waals surface area contributed by atoms with Crippen molar-refractivity contribution in [2.75, 3.05) is 13.2 Å². The summed E-state index contributed by atoms with van der Waals surface area (Å²) in [5.74, 6) is -0.591. The first-order valence-corrected chi connectivity index (χ1v) is 30.8. The Kier molecular flexibility index (Phi) is 59.4. The molecule has 0 spiro atoms. The van der Waals surface area contributed by atoms with Crippen LogP contribution in [0, 0.1) is 0 Å². The van der Waals surface area contributed by atoms with Crippen molar-refractivity contribution in [2.24, 2.45) is 0 Å². The quantitative estimate of drug-likeness (QED) is 0.0373. The normalized spacial score (nSPS) is 12.9. The van der Waals surface area contributed by atoms with Gasteiger partial charge in [0, 0.05) is 12.8 Å². The van der Waals surface area contributed by atoms with Crippen LogP contribution < -0.4 is 0 Å². The van der Waals surface area contributed by atoms with Gasteiger partial charge in [-0.25, -0.2) is 0 Å². The van der Waals surface area contributed by atoms with Gasteiger partial charge in [0.2, 0.25) is 0 Å². The van der Waals surface area contributed by atoms with Gasteiger partial charge in [0.1, 0.15) is 6.61 Å². The Morgan fingerprint density at radius 1 is 0.333 bits per heavy atom. The lowest BCUT2D eigenvalue weighted by Gasteiger charge is -2.15. The van der Waals surface area contributed by atoms with Gasteiger partial charge >= 0.3 is 11.9 Å². The Labute approximate surface area is 447 Å². The van der Waals surface area contributed by atoms with Gasteiger partial charge in [0.15, 0.2) is 6.10 Å². The number of aliphatic hydroxyl groups is 1. The van der Waals surface area contributed by atoms with E-state index < -0.39 is 6.10 Å². The smallest absolute Gasteiger partial charge is 0.306 e. The number of aliphatic hydroxyl groups excluding tert-OH is 1. The average molecular weight is 1000 g/mol. The standard InChI is InChI=1S/C67H116O5/c1-3-5-7-9-11-13-15-17-19-21-22-23-24-25-26-27-28-29-30-31-32-33-34-35-36-37-38-39-40-41-42-43-44-46-48-50-52-54-56-58-60-62-67(70)72-65(63-68)64-71-66(69)61-59-57-55-53-51-49-47-45-20-18-16-14-12-10-8-6-4-2/h5,7,11-14,17-20,22-23,25-26,28-29,65,68H,3-4,6,8-10,15-16,21,24,27,30-64H2,1-2H3/b7-5-,13-11-,14-12-,19-17-,20-18-,23-22-,26-25-,29-28-. The number of carbonyl (C=O) groups excluding carboxylic acids is 2. The molecule has 0 amide bonds. The second-order valence-electron chi connectivity index (χ2n) is 20.4. The summed E-state index contributed by atoms with van der Waals surface area (Å²) < 4.78 is 10.7. The molecular formula is C67H116O5. The van der Waals surface area contributed by atoms with E-state index in [-0.39, 0.29) is 25.2 Å². The van der Waals surface area contributed by atoms with Crippen LogP contribution in [0.4, 0.5) is 0 Å². The monoisotopic (exact) mass is 1000 g/mol. The molecule has 0 bridgehead atoms. The second-order valence-corrected chi connectivity index (χ2v) is 20.4. The van der Waals surface area contributed by atoms with Crippen LogP contribution in [0.2, 0.25) is 0 Å². The van der Waals surface area contributed by atoms with Crippen molar-refractivity contribution in [3.05, 3.63) is 97.2 Å². The summed E-state index contributed by atoms with van der Waals surface area (Å²) in [6.07, 6.45) is 88.4. The molecule has 0 aliphatic carbocycles. The first kappa shape index (κ1) is 68.8. The number of unbranched alkanes of at least 4 members (excludes halogenated alkanes) is 32. The fraction of sp³-hybridized carbons (Fsp3) is 0.731.